The number of amides is 2. The Labute approximate surface area is 154 Å². The third-order valence-corrected chi connectivity index (χ3v) is 6.39. The number of carbonyl (C=O) groups is 2. The zero-order valence-electron chi connectivity index (χ0n) is 15.5. The molecule has 6 nitrogen and oxygen atoms in total. The predicted molar refractivity (Wildman–Crippen MR) is 101 cm³/mol. The van der Waals surface area contributed by atoms with E-state index in [4.69, 9.17) is 0 Å². The van der Waals surface area contributed by atoms with Crippen LogP contribution in [0, 0.1) is 11.8 Å². The second-order valence-electron chi connectivity index (χ2n) is 7.67. The van der Waals surface area contributed by atoms with Crippen LogP contribution in [0.4, 0.5) is 11.4 Å². The molecule has 1 atom stereocenters. The first-order chi connectivity index (χ1) is 12.2. The number of rotatable bonds is 3. The van der Waals surface area contributed by atoms with Crippen molar-refractivity contribution in [3.63, 3.8) is 0 Å². The Morgan fingerprint density at radius 3 is 2.42 bits per heavy atom. The summed E-state index contributed by atoms with van der Waals surface area (Å²) < 4.78 is 23.7. The first-order valence-corrected chi connectivity index (χ1v) is 11.1. The fourth-order valence-corrected chi connectivity index (χ4v) is 4.58. The molecule has 2 aliphatic rings. The van der Waals surface area contributed by atoms with Gasteiger partial charge in [0.15, 0.2) is 9.84 Å². The Balaban J connectivity index is 2.07. The molecule has 2 amide bonds. The van der Waals surface area contributed by atoms with Gasteiger partial charge in [0, 0.05) is 12.2 Å². The van der Waals surface area contributed by atoms with Gasteiger partial charge in [0.05, 0.1) is 16.3 Å². The lowest BCUT2D eigenvalue weighted by molar-refractivity contribution is -0.127. The number of nitrogens with zero attached hydrogens (tertiary/aromatic N) is 1. The van der Waals surface area contributed by atoms with Gasteiger partial charge in [-0.1, -0.05) is 33.1 Å². The van der Waals surface area contributed by atoms with Crippen molar-refractivity contribution < 1.29 is 18.0 Å². The van der Waals surface area contributed by atoms with Crippen LogP contribution in [0.2, 0.25) is 0 Å². The summed E-state index contributed by atoms with van der Waals surface area (Å²) in [5.74, 6) is -0.405. The third-order valence-electron chi connectivity index (χ3n) is 5.28. The smallest absolute Gasteiger partial charge is 0.247 e. The highest BCUT2D eigenvalue weighted by atomic mass is 32.2. The lowest BCUT2D eigenvalue weighted by atomic mass is 9.86. The molecule has 0 saturated heterocycles. The first-order valence-electron chi connectivity index (χ1n) is 9.18. The Bertz CT molecular complexity index is 826. The van der Waals surface area contributed by atoms with E-state index in [0.717, 1.165) is 38.4 Å². The van der Waals surface area contributed by atoms with Gasteiger partial charge in [-0.15, -0.1) is 0 Å². The van der Waals surface area contributed by atoms with Crippen molar-refractivity contribution in [2.75, 3.05) is 16.5 Å². The molecule has 1 N–H and O–H groups in total. The van der Waals surface area contributed by atoms with E-state index in [1.165, 1.54) is 12.1 Å². The molecule has 0 spiro atoms. The SMILES string of the molecule is CC(C)[C@H]1C(=O)Nc2cc(S(C)(=O)=O)ccc2N1C(=O)C1CCCCC1. The van der Waals surface area contributed by atoms with Crippen molar-refractivity contribution in [2.24, 2.45) is 11.8 Å². The van der Waals surface area contributed by atoms with E-state index in [2.05, 4.69) is 5.32 Å². The molecule has 3 rings (SSSR count). The van der Waals surface area contributed by atoms with Crippen LogP contribution >= 0.6 is 0 Å². The highest BCUT2D eigenvalue weighted by molar-refractivity contribution is 7.90. The van der Waals surface area contributed by atoms with Crippen molar-refractivity contribution in [2.45, 2.75) is 56.9 Å². The lowest BCUT2D eigenvalue weighted by Crippen LogP contribution is -2.55. The van der Waals surface area contributed by atoms with Crippen LogP contribution in [0.25, 0.3) is 0 Å². The Hall–Kier alpha value is -1.89. The van der Waals surface area contributed by atoms with E-state index in [0.29, 0.717) is 11.4 Å². The summed E-state index contributed by atoms with van der Waals surface area (Å²) in [5, 5.41) is 2.79. The summed E-state index contributed by atoms with van der Waals surface area (Å²) in [7, 11) is -3.40. The quantitative estimate of drug-likeness (QED) is 0.876. The molecule has 1 aliphatic carbocycles. The minimum absolute atomic E-state index is 0.0217. The Morgan fingerprint density at radius 2 is 1.85 bits per heavy atom. The average Bonchev–Trinajstić information content (AvgIpc) is 2.59. The average molecular weight is 378 g/mol. The molecule has 26 heavy (non-hydrogen) atoms. The standard InChI is InChI=1S/C19H26N2O4S/c1-12(2)17-18(22)20-15-11-14(26(3,24)25)9-10-16(15)21(17)19(23)13-7-5-4-6-8-13/h9-13,17H,4-8H2,1-3H3,(H,20,22)/t17-/m0/s1. The van der Waals surface area contributed by atoms with Gasteiger partial charge in [-0.3, -0.25) is 14.5 Å². The van der Waals surface area contributed by atoms with Crippen molar-refractivity contribution in [1.29, 1.82) is 0 Å². The van der Waals surface area contributed by atoms with Crippen molar-refractivity contribution in [3.8, 4) is 0 Å². The Kier molecular flexibility index (Phi) is 5.10. The van der Waals surface area contributed by atoms with Gasteiger partial charge >= 0.3 is 0 Å². The maximum Gasteiger partial charge on any atom is 0.247 e. The van der Waals surface area contributed by atoms with Gasteiger partial charge in [-0.05, 0) is 37.0 Å². The summed E-state index contributed by atoms with van der Waals surface area (Å²) in [4.78, 5) is 27.7. The molecule has 1 saturated carbocycles. The largest absolute Gasteiger partial charge is 0.322 e. The highest BCUT2D eigenvalue weighted by Crippen LogP contribution is 2.38. The fraction of sp³-hybridized carbons (Fsp3) is 0.579. The maximum absolute atomic E-state index is 13.3. The monoisotopic (exact) mass is 378 g/mol. The van der Waals surface area contributed by atoms with Gasteiger partial charge in [-0.2, -0.15) is 0 Å². The second kappa shape index (κ2) is 7.02. The zero-order chi connectivity index (χ0) is 19.1. The molecular formula is C19H26N2O4S. The van der Waals surface area contributed by atoms with Crippen LogP contribution in [0.15, 0.2) is 23.1 Å². The minimum Gasteiger partial charge on any atom is -0.322 e. The molecule has 0 bridgehead atoms. The molecule has 1 heterocycles. The van der Waals surface area contributed by atoms with Crippen LogP contribution in [-0.2, 0) is 19.4 Å². The van der Waals surface area contributed by atoms with Gasteiger partial charge < -0.3 is 5.32 Å². The van der Waals surface area contributed by atoms with Crippen LogP contribution in [-0.4, -0.2) is 32.5 Å². The maximum atomic E-state index is 13.3. The second-order valence-corrected chi connectivity index (χ2v) is 9.69. The lowest BCUT2D eigenvalue weighted by Gasteiger charge is -2.40. The van der Waals surface area contributed by atoms with Gasteiger partial charge in [0.2, 0.25) is 11.8 Å². The third kappa shape index (κ3) is 3.49. The summed E-state index contributed by atoms with van der Waals surface area (Å²) in [6, 6.07) is 4.01. The zero-order valence-corrected chi connectivity index (χ0v) is 16.3. The molecule has 1 aromatic carbocycles. The van der Waals surface area contributed by atoms with Crippen LogP contribution in [0.3, 0.4) is 0 Å². The van der Waals surface area contributed by atoms with E-state index in [1.807, 2.05) is 13.8 Å². The number of hydrogen-bond acceptors (Lipinski definition) is 4. The number of benzene rings is 1. The number of sulfone groups is 1. The van der Waals surface area contributed by atoms with Gasteiger partial charge in [0.25, 0.3) is 0 Å². The van der Waals surface area contributed by atoms with Crippen molar-refractivity contribution in [3.05, 3.63) is 18.2 Å². The topological polar surface area (TPSA) is 83.6 Å². The molecule has 1 fully saturated rings. The molecule has 1 aliphatic heterocycles. The highest BCUT2D eigenvalue weighted by Gasteiger charge is 2.41. The summed E-state index contributed by atoms with van der Waals surface area (Å²) in [6.45, 7) is 3.84. The molecular weight excluding hydrogens is 352 g/mol. The minimum atomic E-state index is -3.40. The molecule has 0 aromatic heterocycles. The normalized spacial score (nSPS) is 21.5. The predicted octanol–water partition coefficient (Wildman–Crippen LogP) is 2.98. The van der Waals surface area contributed by atoms with E-state index in [9.17, 15) is 18.0 Å². The summed E-state index contributed by atoms with van der Waals surface area (Å²) >= 11 is 0. The van der Waals surface area contributed by atoms with Gasteiger partial charge in [-0.25, -0.2) is 8.42 Å². The number of nitrogens with one attached hydrogen (secondary N) is 1. The number of hydrogen-bond donors (Lipinski definition) is 1. The van der Waals surface area contributed by atoms with Crippen LogP contribution < -0.4 is 10.2 Å². The van der Waals surface area contributed by atoms with Crippen molar-refractivity contribution in [1.82, 2.24) is 0 Å². The molecule has 0 radical (unpaired) electrons. The van der Waals surface area contributed by atoms with E-state index < -0.39 is 15.9 Å². The van der Waals surface area contributed by atoms with Crippen LogP contribution in [0.1, 0.15) is 46.0 Å². The van der Waals surface area contributed by atoms with E-state index in [-0.39, 0.29) is 28.5 Å². The van der Waals surface area contributed by atoms with Crippen molar-refractivity contribution >= 4 is 33.0 Å². The number of fused-ring (bicyclic) bond motifs is 1. The number of anilines is 2. The molecule has 1 aromatic rings. The molecule has 142 valence electrons. The first kappa shape index (κ1) is 18.9. The summed E-state index contributed by atoms with van der Waals surface area (Å²) in [6.07, 6.45) is 6.02. The Morgan fingerprint density at radius 1 is 1.19 bits per heavy atom. The summed E-state index contributed by atoms with van der Waals surface area (Å²) in [5.41, 5.74) is 0.977. The van der Waals surface area contributed by atoms with E-state index in [1.54, 1.807) is 11.0 Å². The van der Waals surface area contributed by atoms with E-state index >= 15 is 0 Å². The van der Waals surface area contributed by atoms with Gasteiger partial charge in [0.1, 0.15) is 6.04 Å². The fourth-order valence-electron chi connectivity index (χ4n) is 3.93. The van der Waals surface area contributed by atoms with Crippen LogP contribution in [0.5, 0.6) is 0 Å². The number of carbonyl (C=O) groups excluding carboxylic acids is 2. The molecule has 0 unspecified atom stereocenters. The molecule has 7 heteroatoms.